The quantitative estimate of drug-likeness (QED) is 0.719. The number of para-hydroxylation sites is 1. The molecular weight excluding hydrogens is 362 g/mol. The van der Waals surface area contributed by atoms with Crippen LogP contribution in [0.2, 0.25) is 0 Å². The number of benzene rings is 2. The van der Waals surface area contributed by atoms with Gasteiger partial charge in [-0.15, -0.1) is 0 Å². The van der Waals surface area contributed by atoms with Gasteiger partial charge >= 0.3 is 0 Å². The maximum absolute atomic E-state index is 12.8. The Morgan fingerprint density at radius 3 is 2.38 bits per heavy atom. The maximum Gasteiger partial charge on any atom is 0.227 e. The molecule has 0 spiro atoms. The SMILES string of the molecule is CCn1c2ccccc2c2cc(NC(=O)C3CCN(C(=O)C4CC4)CC3)ccc21. The van der Waals surface area contributed by atoms with Crippen molar-refractivity contribution in [3.63, 3.8) is 0 Å². The Bertz CT molecular complexity index is 1090. The number of hydrogen-bond donors (Lipinski definition) is 1. The highest BCUT2D eigenvalue weighted by Gasteiger charge is 2.36. The van der Waals surface area contributed by atoms with E-state index in [1.165, 1.54) is 21.8 Å². The van der Waals surface area contributed by atoms with Crippen molar-refractivity contribution in [2.75, 3.05) is 18.4 Å². The molecule has 1 aromatic heterocycles. The number of rotatable bonds is 4. The summed E-state index contributed by atoms with van der Waals surface area (Å²) in [7, 11) is 0. The van der Waals surface area contributed by atoms with Crippen LogP contribution in [-0.2, 0) is 16.1 Å². The van der Waals surface area contributed by atoms with Crippen molar-refractivity contribution in [1.82, 2.24) is 9.47 Å². The number of anilines is 1. The monoisotopic (exact) mass is 389 g/mol. The van der Waals surface area contributed by atoms with Gasteiger partial charge in [-0.25, -0.2) is 0 Å². The fourth-order valence-corrected chi connectivity index (χ4v) is 4.67. The van der Waals surface area contributed by atoms with Gasteiger partial charge in [-0.3, -0.25) is 9.59 Å². The third kappa shape index (κ3) is 3.28. The molecule has 1 N–H and O–H groups in total. The second kappa shape index (κ2) is 7.21. The standard InChI is InChI=1S/C24H27N3O2/c1-2-27-21-6-4-3-5-19(21)20-15-18(9-10-22(20)27)25-23(28)16-11-13-26(14-12-16)24(29)17-7-8-17/h3-6,9-10,15-17H,2,7-8,11-14H2,1H3,(H,25,28). The van der Waals surface area contributed by atoms with Gasteiger partial charge in [0, 0.05) is 59.0 Å². The smallest absolute Gasteiger partial charge is 0.227 e. The second-order valence-electron chi connectivity index (χ2n) is 8.36. The van der Waals surface area contributed by atoms with E-state index in [-0.39, 0.29) is 17.7 Å². The van der Waals surface area contributed by atoms with Gasteiger partial charge in [0.1, 0.15) is 0 Å². The van der Waals surface area contributed by atoms with Crippen LogP contribution in [0.1, 0.15) is 32.6 Å². The Morgan fingerprint density at radius 2 is 1.66 bits per heavy atom. The number of likely N-dealkylation sites (tertiary alicyclic amines) is 1. The molecule has 0 unspecified atom stereocenters. The molecule has 2 aliphatic rings. The molecule has 150 valence electrons. The summed E-state index contributed by atoms with van der Waals surface area (Å²) in [6, 6.07) is 14.6. The molecule has 5 nitrogen and oxygen atoms in total. The molecule has 1 saturated heterocycles. The van der Waals surface area contributed by atoms with Crippen LogP contribution >= 0.6 is 0 Å². The van der Waals surface area contributed by atoms with E-state index in [2.05, 4.69) is 53.2 Å². The number of aromatic nitrogens is 1. The molecule has 2 amide bonds. The van der Waals surface area contributed by atoms with Crippen LogP contribution < -0.4 is 5.32 Å². The van der Waals surface area contributed by atoms with Crippen molar-refractivity contribution in [3.05, 3.63) is 42.5 Å². The lowest BCUT2D eigenvalue weighted by molar-refractivity contribution is -0.135. The molecule has 5 rings (SSSR count). The van der Waals surface area contributed by atoms with Gasteiger partial charge in [0.15, 0.2) is 0 Å². The number of amides is 2. The maximum atomic E-state index is 12.8. The molecule has 5 heteroatoms. The Kier molecular flexibility index (Phi) is 4.53. The van der Waals surface area contributed by atoms with Crippen molar-refractivity contribution in [2.45, 2.75) is 39.2 Å². The van der Waals surface area contributed by atoms with Crippen LogP contribution in [0.3, 0.4) is 0 Å². The Labute approximate surface area is 170 Å². The first-order valence-electron chi connectivity index (χ1n) is 10.8. The number of carbonyl (C=O) groups is 2. The van der Waals surface area contributed by atoms with Gasteiger partial charge < -0.3 is 14.8 Å². The number of hydrogen-bond acceptors (Lipinski definition) is 2. The van der Waals surface area contributed by atoms with Crippen LogP contribution in [0.5, 0.6) is 0 Å². The topological polar surface area (TPSA) is 54.3 Å². The zero-order chi connectivity index (χ0) is 20.0. The second-order valence-corrected chi connectivity index (χ2v) is 8.36. The average molecular weight is 389 g/mol. The van der Waals surface area contributed by atoms with E-state index >= 15 is 0 Å². The molecule has 1 saturated carbocycles. The van der Waals surface area contributed by atoms with Crippen molar-refractivity contribution in [1.29, 1.82) is 0 Å². The van der Waals surface area contributed by atoms with Crippen LogP contribution in [0.4, 0.5) is 5.69 Å². The zero-order valence-corrected chi connectivity index (χ0v) is 16.9. The predicted molar refractivity (Wildman–Crippen MR) is 116 cm³/mol. The summed E-state index contributed by atoms with van der Waals surface area (Å²) in [5.74, 6) is 0.604. The van der Waals surface area contributed by atoms with E-state index in [4.69, 9.17) is 0 Å². The summed E-state index contributed by atoms with van der Waals surface area (Å²) in [5.41, 5.74) is 3.26. The first kappa shape index (κ1) is 18.2. The summed E-state index contributed by atoms with van der Waals surface area (Å²) in [6.45, 7) is 4.47. The molecule has 0 radical (unpaired) electrons. The third-order valence-corrected chi connectivity index (χ3v) is 6.46. The van der Waals surface area contributed by atoms with Crippen molar-refractivity contribution >= 4 is 39.3 Å². The van der Waals surface area contributed by atoms with Gasteiger partial charge in [-0.05, 0) is 56.9 Å². The highest BCUT2D eigenvalue weighted by Crippen LogP contribution is 2.33. The molecule has 2 aromatic carbocycles. The number of piperidine rings is 1. The van der Waals surface area contributed by atoms with Gasteiger partial charge in [-0.1, -0.05) is 18.2 Å². The van der Waals surface area contributed by atoms with E-state index in [1.807, 2.05) is 11.0 Å². The van der Waals surface area contributed by atoms with Crippen molar-refractivity contribution < 1.29 is 9.59 Å². The average Bonchev–Trinajstić information content (AvgIpc) is 3.56. The lowest BCUT2D eigenvalue weighted by Gasteiger charge is -2.31. The van der Waals surface area contributed by atoms with E-state index in [1.54, 1.807) is 0 Å². The highest BCUT2D eigenvalue weighted by atomic mass is 16.2. The van der Waals surface area contributed by atoms with E-state index < -0.39 is 0 Å². The minimum Gasteiger partial charge on any atom is -0.342 e. The molecule has 1 aliphatic carbocycles. The van der Waals surface area contributed by atoms with Crippen LogP contribution in [0, 0.1) is 11.8 Å². The van der Waals surface area contributed by atoms with Crippen LogP contribution in [0.25, 0.3) is 21.8 Å². The Morgan fingerprint density at radius 1 is 0.931 bits per heavy atom. The first-order chi connectivity index (χ1) is 14.2. The normalized spacial score (nSPS) is 17.8. The third-order valence-electron chi connectivity index (χ3n) is 6.46. The fraction of sp³-hybridized carbons (Fsp3) is 0.417. The molecule has 0 atom stereocenters. The van der Waals surface area contributed by atoms with Gasteiger partial charge in [0.25, 0.3) is 0 Å². The summed E-state index contributed by atoms with van der Waals surface area (Å²) < 4.78 is 2.31. The fourth-order valence-electron chi connectivity index (χ4n) is 4.67. The van der Waals surface area contributed by atoms with Crippen LogP contribution in [-0.4, -0.2) is 34.4 Å². The summed E-state index contributed by atoms with van der Waals surface area (Å²) >= 11 is 0. The summed E-state index contributed by atoms with van der Waals surface area (Å²) in [4.78, 5) is 27.0. The number of nitrogens with zero attached hydrogens (tertiary/aromatic N) is 2. The van der Waals surface area contributed by atoms with E-state index in [0.717, 1.165) is 37.9 Å². The molecule has 29 heavy (non-hydrogen) atoms. The number of fused-ring (bicyclic) bond motifs is 3. The van der Waals surface area contributed by atoms with Crippen LogP contribution in [0.15, 0.2) is 42.5 Å². The minimum absolute atomic E-state index is 0.0223. The molecule has 2 heterocycles. The molecule has 3 aromatic rings. The zero-order valence-electron chi connectivity index (χ0n) is 16.9. The lowest BCUT2D eigenvalue weighted by Crippen LogP contribution is -2.42. The largest absolute Gasteiger partial charge is 0.342 e. The molecule has 0 bridgehead atoms. The predicted octanol–water partition coefficient (Wildman–Crippen LogP) is 4.40. The number of carbonyl (C=O) groups excluding carboxylic acids is 2. The Hall–Kier alpha value is -2.82. The van der Waals surface area contributed by atoms with Gasteiger partial charge in [0.2, 0.25) is 11.8 Å². The summed E-state index contributed by atoms with van der Waals surface area (Å²) in [6.07, 6.45) is 3.58. The minimum atomic E-state index is -0.0223. The molecular formula is C24H27N3O2. The number of aryl methyl sites for hydroxylation is 1. The first-order valence-corrected chi connectivity index (χ1v) is 10.8. The summed E-state index contributed by atoms with van der Waals surface area (Å²) in [5, 5.41) is 5.51. The highest BCUT2D eigenvalue weighted by molar-refractivity contribution is 6.09. The van der Waals surface area contributed by atoms with Crippen molar-refractivity contribution in [3.8, 4) is 0 Å². The van der Waals surface area contributed by atoms with E-state index in [9.17, 15) is 9.59 Å². The Balaban J connectivity index is 1.32. The van der Waals surface area contributed by atoms with Crippen molar-refractivity contribution in [2.24, 2.45) is 11.8 Å². The van der Waals surface area contributed by atoms with Gasteiger partial charge in [-0.2, -0.15) is 0 Å². The van der Waals surface area contributed by atoms with E-state index in [0.29, 0.717) is 19.0 Å². The molecule has 1 aliphatic heterocycles. The molecule has 2 fully saturated rings. The number of nitrogens with one attached hydrogen (secondary N) is 1. The van der Waals surface area contributed by atoms with Gasteiger partial charge in [0.05, 0.1) is 0 Å². The lowest BCUT2D eigenvalue weighted by atomic mass is 9.95.